The van der Waals surface area contributed by atoms with E-state index in [-0.39, 0.29) is 0 Å². The van der Waals surface area contributed by atoms with Crippen LogP contribution in [0.1, 0.15) is 0 Å². The summed E-state index contributed by atoms with van der Waals surface area (Å²) in [4.78, 5) is 3.59. The molecule has 0 atom stereocenters. The van der Waals surface area contributed by atoms with Crippen LogP contribution in [0.2, 0.25) is 5.02 Å². The summed E-state index contributed by atoms with van der Waals surface area (Å²) in [5.41, 5.74) is 10.0. The highest BCUT2D eigenvalue weighted by atomic mass is 35.5. The predicted molar refractivity (Wildman–Crippen MR) is 131 cm³/mol. The van der Waals surface area contributed by atoms with Crippen molar-refractivity contribution in [2.45, 2.75) is 0 Å². The molecule has 144 valence electrons. The molecular weight excluding hydrogens is 398 g/mol. The highest BCUT2D eigenvalue weighted by molar-refractivity contribution is 6.31. The second-order valence-corrected chi connectivity index (χ2v) is 8.27. The standard InChI is InChI=1S/C29H16ClN/c1-31-22-15-20(14-21(30)17-22)24-9-3-2-8-23(24)19-13-18-7-6-12-27-25-10-4-5-11-26(25)28(16-19)29(18)27/h2-17H. The van der Waals surface area contributed by atoms with Crippen molar-refractivity contribution in [3.8, 4) is 44.5 Å². The topological polar surface area (TPSA) is 4.36 Å². The van der Waals surface area contributed by atoms with Gasteiger partial charge in [0.15, 0.2) is 5.69 Å². The molecule has 0 radical (unpaired) electrons. The maximum Gasteiger partial charge on any atom is 0.189 e. The fraction of sp³-hybridized carbons (Fsp3) is 0. The van der Waals surface area contributed by atoms with Crippen LogP contribution in [-0.2, 0) is 0 Å². The van der Waals surface area contributed by atoms with E-state index < -0.39 is 0 Å². The first-order valence-electron chi connectivity index (χ1n) is 10.2. The summed E-state index contributed by atoms with van der Waals surface area (Å²) in [6.07, 6.45) is 0. The van der Waals surface area contributed by atoms with E-state index in [1.807, 2.05) is 18.2 Å². The number of rotatable bonds is 2. The summed E-state index contributed by atoms with van der Waals surface area (Å²) < 4.78 is 0. The zero-order valence-corrected chi connectivity index (χ0v) is 17.3. The maximum atomic E-state index is 7.40. The maximum absolute atomic E-state index is 7.40. The van der Waals surface area contributed by atoms with Gasteiger partial charge in [-0.25, -0.2) is 4.85 Å². The van der Waals surface area contributed by atoms with Gasteiger partial charge in [0.25, 0.3) is 0 Å². The summed E-state index contributed by atoms with van der Waals surface area (Å²) in [6.45, 7) is 7.40. The molecule has 0 aliphatic heterocycles. The van der Waals surface area contributed by atoms with Gasteiger partial charge in [-0.2, -0.15) is 0 Å². The number of benzene rings is 5. The third-order valence-electron chi connectivity index (χ3n) is 6.04. The van der Waals surface area contributed by atoms with Crippen LogP contribution in [0.5, 0.6) is 0 Å². The lowest BCUT2D eigenvalue weighted by Crippen LogP contribution is -1.87. The van der Waals surface area contributed by atoms with Crippen molar-refractivity contribution in [2.75, 3.05) is 0 Å². The Morgan fingerprint density at radius 3 is 1.87 bits per heavy atom. The highest BCUT2D eigenvalue weighted by Gasteiger charge is 2.22. The Morgan fingerprint density at radius 1 is 0.548 bits per heavy atom. The van der Waals surface area contributed by atoms with Crippen LogP contribution in [0.25, 0.3) is 60.1 Å². The second kappa shape index (κ2) is 6.84. The van der Waals surface area contributed by atoms with E-state index >= 15 is 0 Å². The number of hydrogen-bond donors (Lipinski definition) is 0. The predicted octanol–water partition coefficient (Wildman–Crippen LogP) is 9.03. The minimum absolute atomic E-state index is 0.549. The number of hydrogen-bond acceptors (Lipinski definition) is 0. The van der Waals surface area contributed by atoms with Crippen LogP contribution in [0.3, 0.4) is 0 Å². The molecule has 1 aliphatic carbocycles. The van der Waals surface area contributed by atoms with Crippen LogP contribution < -0.4 is 0 Å². The van der Waals surface area contributed by atoms with Gasteiger partial charge in [0.2, 0.25) is 0 Å². The molecular formula is C29H16ClN. The zero-order chi connectivity index (χ0) is 20.9. The zero-order valence-electron chi connectivity index (χ0n) is 16.6. The van der Waals surface area contributed by atoms with E-state index in [2.05, 4.69) is 77.6 Å². The van der Waals surface area contributed by atoms with Crippen molar-refractivity contribution >= 4 is 28.1 Å². The van der Waals surface area contributed by atoms with Gasteiger partial charge in [-0.3, -0.25) is 0 Å². The molecule has 2 heteroatoms. The molecule has 0 aromatic heterocycles. The van der Waals surface area contributed by atoms with Gasteiger partial charge in [-0.1, -0.05) is 78.3 Å². The fourth-order valence-electron chi connectivity index (χ4n) is 4.75. The lowest BCUT2D eigenvalue weighted by atomic mass is 9.91. The van der Waals surface area contributed by atoms with Crippen LogP contribution in [-0.4, -0.2) is 0 Å². The normalized spacial score (nSPS) is 11.4. The molecule has 5 aromatic carbocycles. The van der Waals surface area contributed by atoms with Crippen molar-refractivity contribution in [3.05, 3.63) is 114 Å². The Bertz CT molecular complexity index is 1560. The van der Waals surface area contributed by atoms with Crippen LogP contribution in [0.15, 0.2) is 97.1 Å². The van der Waals surface area contributed by atoms with Crippen molar-refractivity contribution in [3.63, 3.8) is 0 Å². The molecule has 5 aromatic rings. The Kier molecular flexibility index (Phi) is 3.96. The second-order valence-electron chi connectivity index (χ2n) is 7.83. The van der Waals surface area contributed by atoms with Crippen molar-refractivity contribution in [1.29, 1.82) is 0 Å². The van der Waals surface area contributed by atoms with E-state index in [9.17, 15) is 0 Å². The lowest BCUT2D eigenvalue weighted by Gasteiger charge is -2.13. The molecule has 0 fully saturated rings. The monoisotopic (exact) mass is 413 g/mol. The molecule has 0 spiro atoms. The van der Waals surface area contributed by atoms with Crippen LogP contribution >= 0.6 is 11.6 Å². The van der Waals surface area contributed by atoms with Crippen molar-refractivity contribution in [2.24, 2.45) is 0 Å². The van der Waals surface area contributed by atoms with Gasteiger partial charge in [-0.05, 0) is 85.6 Å². The van der Waals surface area contributed by atoms with Gasteiger partial charge < -0.3 is 0 Å². The van der Waals surface area contributed by atoms with E-state index in [1.165, 1.54) is 33.0 Å². The van der Waals surface area contributed by atoms with Gasteiger partial charge in [0.1, 0.15) is 0 Å². The Balaban J connectivity index is 1.63. The summed E-state index contributed by atoms with van der Waals surface area (Å²) in [7, 11) is 0. The summed E-state index contributed by atoms with van der Waals surface area (Å²) >= 11 is 6.32. The molecule has 0 unspecified atom stereocenters. The average Bonchev–Trinajstić information content (AvgIpc) is 3.14. The van der Waals surface area contributed by atoms with Crippen molar-refractivity contribution in [1.82, 2.24) is 0 Å². The Hall–Kier alpha value is -3.86. The Labute approximate surface area is 186 Å². The highest BCUT2D eigenvalue weighted by Crippen LogP contribution is 2.49. The first-order chi connectivity index (χ1) is 15.2. The summed E-state index contributed by atoms with van der Waals surface area (Å²) in [6, 6.07) is 33.6. The fourth-order valence-corrected chi connectivity index (χ4v) is 4.98. The van der Waals surface area contributed by atoms with E-state index in [1.54, 1.807) is 6.07 Å². The molecule has 6 rings (SSSR count). The summed E-state index contributed by atoms with van der Waals surface area (Å²) in [5.74, 6) is 0. The number of fused-ring (bicyclic) bond motifs is 3. The van der Waals surface area contributed by atoms with Crippen molar-refractivity contribution < 1.29 is 0 Å². The first-order valence-corrected chi connectivity index (χ1v) is 10.5. The van der Waals surface area contributed by atoms with Gasteiger partial charge in [-0.15, -0.1) is 0 Å². The third-order valence-corrected chi connectivity index (χ3v) is 6.26. The molecule has 1 aliphatic rings. The molecule has 0 saturated carbocycles. The number of halogens is 1. The molecule has 0 saturated heterocycles. The van der Waals surface area contributed by atoms with Crippen LogP contribution in [0, 0.1) is 6.57 Å². The molecule has 31 heavy (non-hydrogen) atoms. The van der Waals surface area contributed by atoms with E-state index in [4.69, 9.17) is 18.2 Å². The molecule has 0 N–H and O–H groups in total. The third kappa shape index (κ3) is 2.77. The SMILES string of the molecule is [C-]#[N+]c1cc(Cl)cc(-c2ccccc2-c2cc3c4c(cccc4c2)-c2ccccc2-3)c1. The van der Waals surface area contributed by atoms with Crippen LogP contribution in [0.4, 0.5) is 5.69 Å². The molecule has 0 amide bonds. The van der Waals surface area contributed by atoms with Gasteiger partial charge in [0, 0.05) is 5.02 Å². The minimum Gasteiger partial charge on any atom is -0.238 e. The quantitative estimate of drug-likeness (QED) is 0.249. The summed E-state index contributed by atoms with van der Waals surface area (Å²) in [5, 5.41) is 3.14. The first kappa shape index (κ1) is 18.0. The van der Waals surface area contributed by atoms with Gasteiger partial charge >= 0.3 is 0 Å². The van der Waals surface area contributed by atoms with Gasteiger partial charge in [0.05, 0.1) is 6.57 Å². The molecule has 0 heterocycles. The molecule has 1 nitrogen and oxygen atoms in total. The molecule has 0 bridgehead atoms. The average molecular weight is 414 g/mol. The lowest BCUT2D eigenvalue weighted by molar-refractivity contribution is 1.60. The van der Waals surface area contributed by atoms with E-state index in [0.717, 1.165) is 22.3 Å². The van der Waals surface area contributed by atoms with E-state index in [0.29, 0.717) is 10.7 Å². The smallest absolute Gasteiger partial charge is 0.189 e. The number of nitrogens with zero attached hydrogens (tertiary/aromatic N) is 1. The largest absolute Gasteiger partial charge is 0.238 e. The minimum atomic E-state index is 0.549. The Morgan fingerprint density at radius 2 is 1.16 bits per heavy atom.